The minimum Gasteiger partial charge on any atom is -0.478 e. The molecule has 0 radical (unpaired) electrons. The van der Waals surface area contributed by atoms with Crippen molar-refractivity contribution in [3.8, 4) is 11.5 Å². The van der Waals surface area contributed by atoms with E-state index < -0.39 is 17.7 Å². The van der Waals surface area contributed by atoms with Crippen LogP contribution in [-0.2, 0) is 11.0 Å². The van der Waals surface area contributed by atoms with Gasteiger partial charge in [-0.05, 0) is 55.3 Å². The number of aromatic nitrogens is 2. The molecule has 0 spiro atoms. The van der Waals surface area contributed by atoms with E-state index in [0.717, 1.165) is 12.1 Å². The molecule has 0 fully saturated rings. The van der Waals surface area contributed by atoms with Crippen molar-refractivity contribution in [1.82, 2.24) is 9.97 Å². The number of carbonyl (C=O) groups is 1. The molecular formula is C23H18ClF3N4O3. The van der Waals surface area contributed by atoms with Crippen LogP contribution < -0.4 is 15.4 Å². The number of nitrogens with zero attached hydrogens (tertiary/aromatic N) is 2. The van der Waals surface area contributed by atoms with E-state index in [-0.39, 0.29) is 22.1 Å². The molecule has 0 saturated heterocycles. The van der Waals surface area contributed by atoms with Gasteiger partial charge in [0.25, 0.3) is 0 Å². The van der Waals surface area contributed by atoms with Gasteiger partial charge >= 0.3 is 12.1 Å². The van der Waals surface area contributed by atoms with Crippen LogP contribution in [0.1, 0.15) is 24.0 Å². The van der Waals surface area contributed by atoms with E-state index in [2.05, 4.69) is 20.6 Å². The van der Waals surface area contributed by atoms with Crippen LogP contribution in [0.25, 0.3) is 6.08 Å². The quantitative estimate of drug-likeness (QED) is 0.383. The van der Waals surface area contributed by atoms with Gasteiger partial charge < -0.3 is 20.5 Å². The maximum atomic E-state index is 12.9. The summed E-state index contributed by atoms with van der Waals surface area (Å²) in [5.74, 6) is 0.000374. The molecule has 34 heavy (non-hydrogen) atoms. The smallest absolute Gasteiger partial charge is 0.416 e. The molecule has 7 nitrogen and oxygen atoms in total. The molecular weight excluding hydrogens is 473 g/mol. The molecule has 3 aromatic rings. The van der Waals surface area contributed by atoms with Crippen molar-refractivity contribution in [2.45, 2.75) is 19.0 Å². The number of carboxylic acids is 1. The number of carboxylic acid groups (broad SMARTS) is 1. The molecule has 0 atom stereocenters. The Morgan fingerprint density at radius 1 is 1.18 bits per heavy atom. The lowest BCUT2D eigenvalue weighted by molar-refractivity contribution is -0.137. The van der Waals surface area contributed by atoms with Crippen LogP contribution in [0.15, 0.2) is 54.4 Å². The van der Waals surface area contributed by atoms with Gasteiger partial charge in [-0.25, -0.2) is 14.8 Å². The number of fused-ring (bicyclic) bond motifs is 1. The second-order valence-corrected chi connectivity index (χ2v) is 7.79. The molecule has 1 aliphatic heterocycles. The van der Waals surface area contributed by atoms with E-state index in [0.29, 0.717) is 42.3 Å². The standard InChI is InChI=1S/C23H18ClF3N4O3/c24-18-11-15(6-7-19(18)34-16-5-1-4-14(10-16)23(25,26)27)31-21-17-9-13(22(32)33)3-2-8-28-20(17)29-12-30-21/h1,4-7,9-12H,2-3,8H2,(H,32,33)(H2,28,29,30,31)/b13-9+. The Bertz CT molecular complexity index is 1260. The number of aliphatic carboxylic acids is 1. The third-order valence-corrected chi connectivity index (χ3v) is 5.27. The van der Waals surface area contributed by atoms with Gasteiger partial charge in [0.2, 0.25) is 0 Å². The number of nitrogens with one attached hydrogen (secondary N) is 2. The van der Waals surface area contributed by atoms with Gasteiger partial charge in [0.15, 0.2) is 0 Å². The maximum Gasteiger partial charge on any atom is 0.416 e. The summed E-state index contributed by atoms with van der Waals surface area (Å²) in [4.78, 5) is 20.0. The summed E-state index contributed by atoms with van der Waals surface area (Å²) in [7, 11) is 0. The molecule has 1 aliphatic rings. The summed E-state index contributed by atoms with van der Waals surface area (Å²) in [6.45, 7) is 0.557. The molecule has 2 aromatic carbocycles. The highest BCUT2D eigenvalue weighted by molar-refractivity contribution is 6.32. The first-order valence-electron chi connectivity index (χ1n) is 10.1. The highest BCUT2D eigenvalue weighted by Crippen LogP contribution is 2.36. The Labute approximate surface area is 197 Å². The number of hydrogen-bond acceptors (Lipinski definition) is 6. The molecule has 0 amide bonds. The number of halogens is 4. The van der Waals surface area contributed by atoms with Crippen molar-refractivity contribution in [1.29, 1.82) is 0 Å². The van der Waals surface area contributed by atoms with Crippen molar-refractivity contribution in [3.05, 3.63) is 70.5 Å². The minimum atomic E-state index is -4.49. The molecule has 1 aromatic heterocycles. The molecule has 0 bridgehead atoms. The van der Waals surface area contributed by atoms with Crippen molar-refractivity contribution in [3.63, 3.8) is 0 Å². The first-order chi connectivity index (χ1) is 16.2. The monoisotopic (exact) mass is 490 g/mol. The Kier molecular flexibility index (Phi) is 6.60. The second kappa shape index (κ2) is 9.60. The zero-order chi connectivity index (χ0) is 24.3. The zero-order valence-electron chi connectivity index (χ0n) is 17.5. The van der Waals surface area contributed by atoms with Crippen LogP contribution in [0.4, 0.5) is 30.5 Å². The highest BCUT2D eigenvalue weighted by Gasteiger charge is 2.30. The first kappa shape index (κ1) is 23.4. The molecule has 0 aliphatic carbocycles. The van der Waals surface area contributed by atoms with Crippen LogP contribution in [-0.4, -0.2) is 27.6 Å². The number of alkyl halides is 3. The van der Waals surface area contributed by atoms with Gasteiger partial charge in [-0.3, -0.25) is 0 Å². The van der Waals surface area contributed by atoms with Gasteiger partial charge in [0, 0.05) is 17.8 Å². The summed E-state index contributed by atoms with van der Waals surface area (Å²) in [6, 6.07) is 9.13. The third kappa shape index (κ3) is 5.40. The van der Waals surface area contributed by atoms with E-state index in [9.17, 15) is 23.1 Å². The van der Waals surface area contributed by atoms with Crippen molar-refractivity contribution >= 4 is 41.0 Å². The summed E-state index contributed by atoms with van der Waals surface area (Å²) in [6.07, 6.45) is -0.582. The lowest BCUT2D eigenvalue weighted by Gasteiger charge is -2.17. The van der Waals surface area contributed by atoms with Crippen LogP contribution in [0.2, 0.25) is 5.02 Å². The lowest BCUT2D eigenvalue weighted by Crippen LogP contribution is -2.12. The largest absolute Gasteiger partial charge is 0.478 e. The average Bonchev–Trinajstić information content (AvgIpc) is 2.76. The number of rotatable bonds is 5. The zero-order valence-corrected chi connectivity index (χ0v) is 18.2. The van der Waals surface area contributed by atoms with Crippen LogP contribution >= 0.6 is 11.6 Å². The first-order valence-corrected chi connectivity index (χ1v) is 10.5. The topological polar surface area (TPSA) is 96.4 Å². The Morgan fingerprint density at radius 2 is 2.00 bits per heavy atom. The van der Waals surface area contributed by atoms with Gasteiger partial charge in [-0.1, -0.05) is 17.7 Å². The molecule has 0 saturated carbocycles. The van der Waals surface area contributed by atoms with Crippen molar-refractivity contribution in [2.24, 2.45) is 0 Å². The molecule has 3 N–H and O–H groups in total. The van der Waals surface area contributed by atoms with E-state index in [1.165, 1.54) is 36.7 Å². The average molecular weight is 491 g/mol. The normalized spacial score (nSPS) is 15.1. The number of anilines is 3. The fourth-order valence-electron chi connectivity index (χ4n) is 3.33. The number of ether oxygens (including phenoxy) is 1. The van der Waals surface area contributed by atoms with E-state index in [1.807, 2.05) is 0 Å². The highest BCUT2D eigenvalue weighted by atomic mass is 35.5. The predicted molar refractivity (Wildman–Crippen MR) is 122 cm³/mol. The van der Waals surface area contributed by atoms with E-state index >= 15 is 0 Å². The summed E-state index contributed by atoms with van der Waals surface area (Å²) >= 11 is 6.31. The summed E-state index contributed by atoms with van der Waals surface area (Å²) in [5.41, 5.74) is 0.403. The van der Waals surface area contributed by atoms with Crippen LogP contribution in [0.5, 0.6) is 11.5 Å². The number of benzene rings is 2. The predicted octanol–water partition coefficient (Wildman–Crippen LogP) is 6.36. The molecule has 4 rings (SSSR count). The fraction of sp³-hybridized carbons (Fsp3) is 0.174. The Hall–Kier alpha value is -3.79. The second-order valence-electron chi connectivity index (χ2n) is 7.39. The van der Waals surface area contributed by atoms with Crippen LogP contribution in [0.3, 0.4) is 0 Å². The maximum absolute atomic E-state index is 12.9. The molecule has 176 valence electrons. The van der Waals surface area contributed by atoms with E-state index in [4.69, 9.17) is 16.3 Å². The Balaban J connectivity index is 1.59. The molecule has 11 heteroatoms. The summed E-state index contributed by atoms with van der Waals surface area (Å²) < 4.78 is 44.4. The van der Waals surface area contributed by atoms with Gasteiger partial charge in [-0.15, -0.1) is 0 Å². The molecule has 0 unspecified atom stereocenters. The van der Waals surface area contributed by atoms with Crippen LogP contribution in [0, 0.1) is 0 Å². The lowest BCUT2D eigenvalue weighted by atomic mass is 10.0. The molecule has 2 heterocycles. The SMILES string of the molecule is O=C(O)/C1=C/c2c(ncnc2Nc2ccc(Oc3cccc(C(F)(F)F)c3)c(Cl)c2)NCCC1. The summed E-state index contributed by atoms with van der Waals surface area (Å²) in [5, 5.41) is 15.9. The van der Waals surface area contributed by atoms with Crippen molar-refractivity contribution < 1.29 is 27.8 Å². The minimum absolute atomic E-state index is 0.00738. The van der Waals surface area contributed by atoms with Gasteiger partial charge in [0.05, 0.1) is 16.1 Å². The fourth-order valence-corrected chi connectivity index (χ4v) is 3.55. The van der Waals surface area contributed by atoms with Gasteiger partial charge in [-0.2, -0.15) is 13.2 Å². The Morgan fingerprint density at radius 3 is 2.74 bits per heavy atom. The number of hydrogen-bond donors (Lipinski definition) is 3. The third-order valence-electron chi connectivity index (χ3n) is 4.98. The van der Waals surface area contributed by atoms with Gasteiger partial charge in [0.1, 0.15) is 29.5 Å². The van der Waals surface area contributed by atoms with E-state index in [1.54, 1.807) is 6.07 Å². The van der Waals surface area contributed by atoms with Crippen molar-refractivity contribution in [2.75, 3.05) is 17.2 Å².